The maximum absolute atomic E-state index is 11.8. The van der Waals surface area contributed by atoms with Crippen molar-refractivity contribution in [1.82, 2.24) is 0 Å². The average Bonchev–Trinajstić information content (AvgIpc) is 2.46. The Morgan fingerprint density at radius 3 is 2.53 bits per heavy atom. The first kappa shape index (κ1) is 11.8. The number of rotatable bonds is 2. The van der Waals surface area contributed by atoms with Crippen LogP contribution in [0.1, 0.15) is 18.5 Å². The third-order valence-electron chi connectivity index (χ3n) is 3.55. The van der Waals surface area contributed by atoms with E-state index in [1.165, 1.54) is 5.56 Å². The minimum atomic E-state index is 0.0430. The van der Waals surface area contributed by atoms with Crippen molar-refractivity contribution in [3.05, 3.63) is 60.2 Å². The Bertz CT molecular complexity index is 595. The van der Waals surface area contributed by atoms with Gasteiger partial charge in [-0.25, -0.2) is 0 Å². The number of carbonyl (C=O) groups excluding carboxylic acids is 1. The number of carbonyl (C=O) groups is 1. The minimum absolute atomic E-state index is 0.0430. The van der Waals surface area contributed by atoms with E-state index in [0.717, 1.165) is 11.4 Å². The fraction of sp³-hybridized carbons (Fsp3) is 0.188. The fourth-order valence-electron chi connectivity index (χ4n) is 2.52. The highest BCUT2D eigenvalue weighted by Crippen LogP contribution is 2.34. The summed E-state index contributed by atoms with van der Waals surface area (Å²) in [7, 11) is 0. The summed E-state index contributed by atoms with van der Waals surface area (Å²) in [5, 5.41) is 2.92. The summed E-state index contributed by atoms with van der Waals surface area (Å²) in [5.41, 5.74) is 3.19. The highest BCUT2D eigenvalue weighted by Gasteiger charge is 2.25. The lowest BCUT2D eigenvalue weighted by Crippen LogP contribution is -2.39. The van der Waals surface area contributed by atoms with Gasteiger partial charge in [-0.15, -0.1) is 0 Å². The molecule has 3 heteroatoms. The first-order chi connectivity index (χ1) is 9.25. The van der Waals surface area contributed by atoms with Crippen molar-refractivity contribution in [2.45, 2.75) is 13.0 Å². The molecule has 1 unspecified atom stereocenters. The smallest absolute Gasteiger partial charge is 0.243 e. The van der Waals surface area contributed by atoms with Crippen LogP contribution in [0.25, 0.3) is 0 Å². The monoisotopic (exact) mass is 252 g/mol. The minimum Gasteiger partial charge on any atom is -0.354 e. The fourth-order valence-corrected chi connectivity index (χ4v) is 2.52. The van der Waals surface area contributed by atoms with Crippen molar-refractivity contribution in [3.8, 4) is 0 Å². The molecule has 0 bridgehead atoms. The number of nitrogens with one attached hydrogen (secondary N) is 1. The second-order valence-corrected chi connectivity index (χ2v) is 4.78. The molecule has 96 valence electrons. The van der Waals surface area contributed by atoms with Crippen molar-refractivity contribution in [2.75, 3.05) is 16.8 Å². The van der Waals surface area contributed by atoms with Crippen LogP contribution in [-0.2, 0) is 4.79 Å². The molecule has 1 amide bonds. The highest BCUT2D eigenvalue weighted by atomic mass is 16.2. The summed E-state index contributed by atoms with van der Waals surface area (Å²) in [6, 6.07) is 18.4. The molecule has 0 spiro atoms. The molecule has 0 aliphatic carbocycles. The Kier molecular flexibility index (Phi) is 2.95. The zero-order valence-electron chi connectivity index (χ0n) is 10.8. The summed E-state index contributed by atoms with van der Waals surface area (Å²) in [6.07, 6.45) is 0. The van der Waals surface area contributed by atoms with Gasteiger partial charge in [0.25, 0.3) is 0 Å². The number of fused-ring (bicyclic) bond motifs is 1. The molecular formula is C16H16N2O. The summed E-state index contributed by atoms with van der Waals surface area (Å²) in [4.78, 5) is 14.0. The summed E-state index contributed by atoms with van der Waals surface area (Å²) in [6.45, 7) is 2.53. The van der Waals surface area contributed by atoms with Gasteiger partial charge in [0.15, 0.2) is 0 Å². The van der Waals surface area contributed by atoms with E-state index >= 15 is 0 Å². The van der Waals surface area contributed by atoms with Crippen molar-refractivity contribution < 1.29 is 4.79 Å². The third kappa shape index (κ3) is 2.19. The molecule has 1 N–H and O–H groups in total. The molecule has 3 rings (SSSR count). The second-order valence-electron chi connectivity index (χ2n) is 4.78. The van der Waals surface area contributed by atoms with E-state index in [9.17, 15) is 4.79 Å². The van der Waals surface area contributed by atoms with Crippen molar-refractivity contribution in [2.24, 2.45) is 0 Å². The van der Waals surface area contributed by atoms with Crippen molar-refractivity contribution in [1.29, 1.82) is 0 Å². The van der Waals surface area contributed by atoms with Crippen LogP contribution in [-0.4, -0.2) is 12.5 Å². The molecule has 3 nitrogen and oxygen atoms in total. The highest BCUT2D eigenvalue weighted by molar-refractivity contribution is 6.01. The van der Waals surface area contributed by atoms with E-state index in [4.69, 9.17) is 0 Å². The van der Waals surface area contributed by atoms with Gasteiger partial charge in [-0.2, -0.15) is 0 Å². The van der Waals surface area contributed by atoms with Crippen LogP contribution < -0.4 is 10.2 Å². The van der Waals surface area contributed by atoms with E-state index in [-0.39, 0.29) is 11.9 Å². The number of hydrogen-bond acceptors (Lipinski definition) is 2. The van der Waals surface area contributed by atoms with Gasteiger partial charge < -0.3 is 10.2 Å². The lowest BCUT2D eigenvalue weighted by atomic mass is 10.0. The van der Waals surface area contributed by atoms with Crippen molar-refractivity contribution >= 4 is 17.3 Å². The molecule has 0 fully saturated rings. The molecule has 0 radical (unpaired) electrons. The van der Waals surface area contributed by atoms with Crippen LogP contribution in [0, 0.1) is 0 Å². The normalized spacial score (nSPS) is 15.6. The predicted molar refractivity (Wildman–Crippen MR) is 77.3 cm³/mol. The Balaban J connectivity index is 1.99. The molecule has 1 atom stereocenters. The molecule has 19 heavy (non-hydrogen) atoms. The van der Waals surface area contributed by atoms with E-state index in [1.54, 1.807) is 0 Å². The zero-order chi connectivity index (χ0) is 13.2. The topological polar surface area (TPSA) is 32.3 Å². The van der Waals surface area contributed by atoms with Crippen LogP contribution in [0.3, 0.4) is 0 Å². The molecule has 1 aliphatic rings. The average molecular weight is 252 g/mol. The van der Waals surface area contributed by atoms with E-state index in [1.807, 2.05) is 42.5 Å². The van der Waals surface area contributed by atoms with Gasteiger partial charge in [0.1, 0.15) is 0 Å². The van der Waals surface area contributed by atoms with E-state index < -0.39 is 0 Å². The molecule has 0 aromatic heterocycles. The Labute approximate surface area is 112 Å². The van der Waals surface area contributed by atoms with Crippen LogP contribution >= 0.6 is 0 Å². The molecule has 2 aromatic rings. The number of nitrogens with zero attached hydrogens (tertiary/aromatic N) is 1. The molecule has 2 aromatic carbocycles. The lowest BCUT2D eigenvalue weighted by molar-refractivity contribution is -0.115. The Hall–Kier alpha value is -2.29. The van der Waals surface area contributed by atoms with Crippen LogP contribution in [0.4, 0.5) is 11.4 Å². The number of anilines is 2. The van der Waals surface area contributed by atoms with Gasteiger partial charge in [0.05, 0.1) is 24.0 Å². The molecule has 1 heterocycles. The first-order valence-corrected chi connectivity index (χ1v) is 6.46. The van der Waals surface area contributed by atoms with Gasteiger partial charge in [0, 0.05) is 0 Å². The maximum atomic E-state index is 11.8. The molecular weight excluding hydrogens is 236 g/mol. The Morgan fingerprint density at radius 1 is 1.05 bits per heavy atom. The van der Waals surface area contributed by atoms with Crippen molar-refractivity contribution in [3.63, 3.8) is 0 Å². The number of benzene rings is 2. The molecule has 0 saturated carbocycles. The van der Waals surface area contributed by atoms with Crippen LogP contribution in [0.5, 0.6) is 0 Å². The van der Waals surface area contributed by atoms with Crippen LogP contribution in [0.2, 0.25) is 0 Å². The van der Waals surface area contributed by atoms with E-state index in [0.29, 0.717) is 6.54 Å². The number of hydrogen-bond donors (Lipinski definition) is 1. The van der Waals surface area contributed by atoms with Gasteiger partial charge in [0.2, 0.25) is 5.91 Å². The lowest BCUT2D eigenvalue weighted by Gasteiger charge is -2.35. The molecule has 0 saturated heterocycles. The number of para-hydroxylation sites is 2. The third-order valence-corrected chi connectivity index (χ3v) is 3.55. The van der Waals surface area contributed by atoms with Gasteiger partial charge in [-0.3, -0.25) is 4.79 Å². The SMILES string of the molecule is CC(c1ccccc1)N1CC(=O)Nc2ccccc21. The Morgan fingerprint density at radius 2 is 1.74 bits per heavy atom. The van der Waals surface area contributed by atoms with E-state index in [2.05, 4.69) is 29.3 Å². The summed E-state index contributed by atoms with van der Waals surface area (Å²) < 4.78 is 0. The van der Waals surface area contributed by atoms with Gasteiger partial charge >= 0.3 is 0 Å². The van der Waals surface area contributed by atoms with Gasteiger partial charge in [-0.1, -0.05) is 42.5 Å². The summed E-state index contributed by atoms with van der Waals surface area (Å²) in [5.74, 6) is 0.0430. The second kappa shape index (κ2) is 4.76. The number of amides is 1. The van der Waals surface area contributed by atoms with Gasteiger partial charge in [-0.05, 0) is 24.6 Å². The first-order valence-electron chi connectivity index (χ1n) is 6.46. The molecule has 1 aliphatic heterocycles. The quantitative estimate of drug-likeness (QED) is 0.890. The van der Waals surface area contributed by atoms with Crippen LogP contribution in [0.15, 0.2) is 54.6 Å². The largest absolute Gasteiger partial charge is 0.354 e. The predicted octanol–water partition coefficient (Wildman–Crippen LogP) is 3.21. The zero-order valence-corrected chi connectivity index (χ0v) is 10.8. The maximum Gasteiger partial charge on any atom is 0.243 e. The standard InChI is InChI=1S/C16H16N2O/c1-12(13-7-3-2-4-8-13)18-11-16(19)17-14-9-5-6-10-15(14)18/h2-10,12H,11H2,1H3,(H,17,19). The summed E-state index contributed by atoms with van der Waals surface area (Å²) >= 11 is 0.